The first kappa shape index (κ1) is 19.2. The molecular weight excluding hydrogens is 300 g/mol. The second-order valence-corrected chi connectivity index (χ2v) is 5.23. The maximum Gasteiger partial charge on any atom is 0.262 e. The lowest BCUT2D eigenvalue weighted by Gasteiger charge is -2.35. The Bertz CT molecular complexity index is 462. The van der Waals surface area contributed by atoms with Crippen LogP contribution in [-0.2, 0) is 19.1 Å². The van der Waals surface area contributed by atoms with Gasteiger partial charge >= 0.3 is 0 Å². The highest BCUT2D eigenvalue weighted by Crippen LogP contribution is 2.08. The van der Waals surface area contributed by atoms with Crippen molar-refractivity contribution in [3.05, 3.63) is 0 Å². The van der Waals surface area contributed by atoms with Gasteiger partial charge in [0.05, 0.1) is 32.8 Å². The lowest BCUT2D eigenvalue weighted by molar-refractivity contribution is -0.137. The standard InChI is InChI=1S/C13H20N4O4.C2H6/c1-3-21-13-8-16(5-10(18)15-13)4-9(2)17-6-11(19)14-12(20)7-17;1-2/h9H,3-8H2,1-2H3,(H,14,19,20);1-2H3. The molecule has 23 heavy (non-hydrogen) atoms. The van der Waals surface area contributed by atoms with Gasteiger partial charge in [-0.2, -0.15) is 4.99 Å². The Labute approximate surface area is 136 Å². The fourth-order valence-corrected chi connectivity index (χ4v) is 2.48. The highest BCUT2D eigenvalue weighted by atomic mass is 16.5. The molecule has 0 aliphatic carbocycles. The highest BCUT2D eigenvalue weighted by Gasteiger charge is 2.29. The first-order chi connectivity index (χ1) is 11.0. The average molecular weight is 326 g/mol. The van der Waals surface area contributed by atoms with Crippen LogP contribution in [-0.4, -0.2) is 78.8 Å². The number of imide groups is 1. The summed E-state index contributed by atoms with van der Waals surface area (Å²) in [5, 5.41) is 2.27. The van der Waals surface area contributed by atoms with Gasteiger partial charge in [-0.15, -0.1) is 0 Å². The van der Waals surface area contributed by atoms with E-state index in [1.165, 1.54) is 0 Å². The number of ether oxygens (including phenoxy) is 1. The maximum absolute atomic E-state index is 11.6. The van der Waals surface area contributed by atoms with Gasteiger partial charge in [-0.05, 0) is 13.8 Å². The van der Waals surface area contributed by atoms with E-state index in [0.29, 0.717) is 25.6 Å². The van der Waals surface area contributed by atoms with E-state index in [2.05, 4.69) is 10.3 Å². The van der Waals surface area contributed by atoms with Gasteiger partial charge in [0.1, 0.15) is 0 Å². The molecule has 0 spiro atoms. The van der Waals surface area contributed by atoms with Crippen molar-refractivity contribution >= 4 is 23.6 Å². The second-order valence-electron chi connectivity index (χ2n) is 5.23. The third kappa shape index (κ3) is 6.07. The van der Waals surface area contributed by atoms with Crippen LogP contribution < -0.4 is 5.32 Å². The van der Waals surface area contributed by atoms with E-state index in [4.69, 9.17) is 4.74 Å². The van der Waals surface area contributed by atoms with Crippen molar-refractivity contribution < 1.29 is 19.1 Å². The van der Waals surface area contributed by atoms with Gasteiger partial charge in [0.15, 0.2) is 0 Å². The van der Waals surface area contributed by atoms with E-state index in [1.54, 1.807) is 4.90 Å². The van der Waals surface area contributed by atoms with Crippen LogP contribution in [0.1, 0.15) is 27.7 Å². The zero-order valence-corrected chi connectivity index (χ0v) is 14.3. The van der Waals surface area contributed by atoms with Crippen LogP contribution in [0.25, 0.3) is 0 Å². The fraction of sp³-hybridized carbons (Fsp3) is 0.733. The van der Waals surface area contributed by atoms with Crippen LogP contribution in [0.5, 0.6) is 0 Å². The van der Waals surface area contributed by atoms with Gasteiger partial charge in [0, 0.05) is 12.6 Å². The van der Waals surface area contributed by atoms with E-state index in [1.807, 2.05) is 32.6 Å². The molecule has 0 aromatic heterocycles. The van der Waals surface area contributed by atoms with Gasteiger partial charge in [0.25, 0.3) is 5.91 Å². The third-order valence-electron chi connectivity index (χ3n) is 3.40. The van der Waals surface area contributed by atoms with E-state index >= 15 is 0 Å². The molecule has 0 aromatic rings. The summed E-state index contributed by atoms with van der Waals surface area (Å²) in [4.78, 5) is 41.9. The molecule has 2 aliphatic heterocycles. The summed E-state index contributed by atoms with van der Waals surface area (Å²) in [6.07, 6.45) is 0. The van der Waals surface area contributed by atoms with Gasteiger partial charge in [0.2, 0.25) is 17.7 Å². The molecule has 1 unspecified atom stereocenters. The molecule has 1 atom stereocenters. The summed E-state index contributed by atoms with van der Waals surface area (Å²) >= 11 is 0. The normalized spacial score (nSPS) is 21.0. The van der Waals surface area contributed by atoms with Crippen LogP contribution in [0.15, 0.2) is 4.99 Å². The van der Waals surface area contributed by atoms with E-state index < -0.39 is 0 Å². The van der Waals surface area contributed by atoms with Crippen molar-refractivity contribution in [1.29, 1.82) is 0 Å². The number of carbonyl (C=O) groups excluding carboxylic acids is 3. The summed E-state index contributed by atoms with van der Waals surface area (Å²) in [6.45, 7) is 9.90. The molecule has 0 saturated carbocycles. The van der Waals surface area contributed by atoms with Gasteiger partial charge < -0.3 is 4.74 Å². The van der Waals surface area contributed by atoms with Gasteiger partial charge in [-0.3, -0.25) is 29.5 Å². The molecule has 1 N–H and O–H groups in total. The topological polar surface area (TPSA) is 91.3 Å². The molecule has 8 nitrogen and oxygen atoms in total. The number of hydrogen-bond acceptors (Lipinski definition) is 6. The van der Waals surface area contributed by atoms with Crippen molar-refractivity contribution in [2.75, 3.05) is 39.3 Å². The number of rotatable bonds is 4. The summed E-state index contributed by atoms with van der Waals surface area (Å²) in [5.41, 5.74) is 0. The monoisotopic (exact) mass is 326 g/mol. The molecular formula is C15H26N4O4. The Balaban J connectivity index is 0.00000127. The summed E-state index contributed by atoms with van der Waals surface area (Å²) < 4.78 is 5.30. The number of hydrogen-bond donors (Lipinski definition) is 1. The minimum absolute atomic E-state index is 0.0197. The van der Waals surface area contributed by atoms with Crippen molar-refractivity contribution in [2.24, 2.45) is 4.99 Å². The lowest BCUT2D eigenvalue weighted by Crippen LogP contribution is -2.56. The van der Waals surface area contributed by atoms with E-state index in [9.17, 15) is 14.4 Å². The Morgan fingerprint density at radius 1 is 1.13 bits per heavy atom. The van der Waals surface area contributed by atoms with Crippen LogP contribution >= 0.6 is 0 Å². The number of piperazine rings is 1. The van der Waals surface area contributed by atoms with Crippen LogP contribution in [0.3, 0.4) is 0 Å². The van der Waals surface area contributed by atoms with Crippen molar-refractivity contribution in [3.8, 4) is 0 Å². The zero-order chi connectivity index (χ0) is 17.4. The molecule has 0 radical (unpaired) electrons. The number of aliphatic imine (C=N–C) groups is 1. The molecule has 130 valence electrons. The summed E-state index contributed by atoms with van der Waals surface area (Å²) in [7, 11) is 0. The lowest BCUT2D eigenvalue weighted by atomic mass is 10.2. The molecule has 1 fully saturated rings. The predicted octanol–water partition coefficient (Wildman–Crippen LogP) is -0.363. The quantitative estimate of drug-likeness (QED) is 0.709. The fourth-order valence-electron chi connectivity index (χ4n) is 2.48. The Hall–Kier alpha value is -1.80. The van der Waals surface area contributed by atoms with Crippen LogP contribution in [0, 0.1) is 0 Å². The molecule has 2 heterocycles. The van der Waals surface area contributed by atoms with E-state index in [-0.39, 0.29) is 43.4 Å². The molecule has 8 heteroatoms. The average Bonchev–Trinajstić information content (AvgIpc) is 2.48. The second kappa shape index (κ2) is 9.36. The number of nitrogens with one attached hydrogen (secondary N) is 1. The predicted molar refractivity (Wildman–Crippen MR) is 86.0 cm³/mol. The summed E-state index contributed by atoms with van der Waals surface area (Å²) in [6, 6.07) is -0.0197. The molecule has 0 bridgehead atoms. The third-order valence-corrected chi connectivity index (χ3v) is 3.40. The highest BCUT2D eigenvalue weighted by molar-refractivity contribution is 5.99. The van der Waals surface area contributed by atoms with Gasteiger partial charge in [-0.25, -0.2) is 0 Å². The molecule has 2 rings (SSSR count). The number of nitrogens with zero attached hydrogens (tertiary/aromatic N) is 3. The van der Waals surface area contributed by atoms with Crippen LogP contribution in [0.2, 0.25) is 0 Å². The Morgan fingerprint density at radius 2 is 1.74 bits per heavy atom. The van der Waals surface area contributed by atoms with E-state index in [0.717, 1.165) is 0 Å². The Kier molecular flexibility index (Phi) is 7.84. The van der Waals surface area contributed by atoms with Crippen molar-refractivity contribution in [2.45, 2.75) is 33.7 Å². The van der Waals surface area contributed by atoms with Crippen molar-refractivity contribution in [3.63, 3.8) is 0 Å². The smallest absolute Gasteiger partial charge is 0.262 e. The minimum Gasteiger partial charge on any atom is -0.480 e. The Morgan fingerprint density at radius 3 is 2.30 bits per heavy atom. The first-order valence-electron chi connectivity index (χ1n) is 8.00. The SMILES string of the molecule is CC.CCOC1=NC(=O)CN(CC(C)N2CC(=O)NC(=O)C2)C1. The molecule has 0 aromatic carbocycles. The van der Waals surface area contributed by atoms with Crippen LogP contribution in [0.4, 0.5) is 0 Å². The molecule has 2 aliphatic rings. The number of carbonyl (C=O) groups is 3. The minimum atomic E-state index is -0.288. The number of amides is 3. The largest absolute Gasteiger partial charge is 0.480 e. The van der Waals surface area contributed by atoms with Gasteiger partial charge in [-0.1, -0.05) is 13.8 Å². The zero-order valence-electron chi connectivity index (χ0n) is 14.3. The first-order valence-corrected chi connectivity index (χ1v) is 8.00. The molecule has 3 amide bonds. The maximum atomic E-state index is 11.6. The molecule has 1 saturated heterocycles. The summed E-state index contributed by atoms with van der Waals surface area (Å²) in [5.74, 6) is -0.383. The van der Waals surface area contributed by atoms with Crippen molar-refractivity contribution in [1.82, 2.24) is 15.1 Å².